The number of carbonyl (C=O) groups is 3. The lowest BCUT2D eigenvalue weighted by Crippen LogP contribution is -2.54. The maximum atomic E-state index is 13.5. The van der Waals surface area contributed by atoms with Crippen molar-refractivity contribution in [3.05, 3.63) is 123 Å². The van der Waals surface area contributed by atoms with Crippen LogP contribution in [0.15, 0.2) is 95.0 Å². The predicted molar refractivity (Wildman–Crippen MR) is 172 cm³/mol. The molecule has 0 atom stereocenters. The Morgan fingerprint density at radius 1 is 0.773 bits per heavy atom. The molecular formula is C35H31BrN2O6. The Morgan fingerprint density at radius 3 is 1.95 bits per heavy atom. The Kier molecular flexibility index (Phi) is 9.45. The third kappa shape index (κ3) is 7.18. The molecule has 224 valence electrons. The second kappa shape index (κ2) is 13.6. The molecule has 1 aliphatic heterocycles. The van der Waals surface area contributed by atoms with Crippen LogP contribution in [-0.4, -0.2) is 24.5 Å². The van der Waals surface area contributed by atoms with Gasteiger partial charge in [0.15, 0.2) is 11.5 Å². The van der Waals surface area contributed by atoms with E-state index in [1.807, 2.05) is 69.3 Å². The Hall–Kier alpha value is -4.89. The smallest absolute Gasteiger partial charge is 0.335 e. The van der Waals surface area contributed by atoms with Crippen molar-refractivity contribution in [2.75, 3.05) is 11.5 Å². The summed E-state index contributed by atoms with van der Waals surface area (Å²) in [5.41, 5.74) is 4.94. The summed E-state index contributed by atoms with van der Waals surface area (Å²) in [6.45, 7) is 6.97. The van der Waals surface area contributed by atoms with Gasteiger partial charge in [-0.1, -0.05) is 59.7 Å². The first-order valence-electron chi connectivity index (χ1n) is 14.1. The van der Waals surface area contributed by atoms with Gasteiger partial charge in [0.1, 0.15) is 24.5 Å². The van der Waals surface area contributed by atoms with Gasteiger partial charge in [0.25, 0.3) is 11.8 Å². The molecule has 44 heavy (non-hydrogen) atoms. The van der Waals surface area contributed by atoms with Crippen molar-refractivity contribution in [2.24, 2.45) is 0 Å². The van der Waals surface area contributed by atoms with Gasteiger partial charge >= 0.3 is 6.03 Å². The Labute approximate surface area is 264 Å². The standard InChI is InChI=1S/C35H31BrN2O6/c1-4-42-31-19-26(18-30(36)32(31)44-21-25-11-7-23(3)8-12-25)17-29-33(39)37-35(41)38(34(29)40)27-13-15-28(16-14-27)43-20-24-9-5-22(2)6-10-24/h5-19H,4,20-21H2,1-3H3,(H,37,39,41)/b29-17+. The van der Waals surface area contributed by atoms with Crippen LogP contribution < -0.4 is 24.4 Å². The maximum Gasteiger partial charge on any atom is 0.335 e. The summed E-state index contributed by atoms with van der Waals surface area (Å²) in [4.78, 5) is 40.0. The number of hydrogen-bond acceptors (Lipinski definition) is 6. The van der Waals surface area contributed by atoms with E-state index in [-0.39, 0.29) is 5.57 Å². The second-order valence-electron chi connectivity index (χ2n) is 10.3. The maximum absolute atomic E-state index is 13.5. The van der Waals surface area contributed by atoms with E-state index in [0.717, 1.165) is 27.2 Å². The summed E-state index contributed by atoms with van der Waals surface area (Å²) in [6, 6.07) is 25.1. The zero-order chi connectivity index (χ0) is 31.2. The summed E-state index contributed by atoms with van der Waals surface area (Å²) in [5.74, 6) is -0.0258. The van der Waals surface area contributed by atoms with E-state index in [2.05, 4.69) is 21.2 Å². The van der Waals surface area contributed by atoms with Gasteiger partial charge in [0.05, 0.1) is 16.8 Å². The number of nitrogens with zero attached hydrogens (tertiary/aromatic N) is 1. The number of ether oxygens (including phenoxy) is 3. The summed E-state index contributed by atoms with van der Waals surface area (Å²) in [6.07, 6.45) is 1.42. The van der Waals surface area contributed by atoms with Crippen LogP contribution >= 0.6 is 15.9 Å². The topological polar surface area (TPSA) is 94.2 Å². The van der Waals surface area contributed by atoms with E-state index in [4.69, 9.17) is 14.2 Å². The van der Waals surface area contributed by atoms with Crippen molar-refractivity contribution >= 4 is 45.5 Å². The molecule has 1 fully saturated rings. The Balaban J connectivity index is 1.35. The van der Waals surface area contributed by atoms with Crippen LogP contribution in [0.25, 0.3) is 6.08 Å². The highest BCUT2D eigenvalue weighted by atomic mass is 79.9. The van der Waals surface area contributed by atoms with Crippen LogP contribution in [0.1, 0.15) is 34.7 Å². The van der Waals surface area contributed by atoms with E-state index in [0.29, 0.717) is 52.8 Å². The fraction of sp³-hybridized carbons (Fsp3) is 0.171. The number of amides is 4. The van der Waals surface area contributed by atoms with Gasteiger partial charge in [-0.05, 0) is 95.9 Å². The number of imide groups is 2. The highest BCUT2D eigenvalue weighted by molar-refractivity contribution is 9.10. The van der Waals surface area contributed by atoms with E-state index in [9.17, 15) is 14.4 Å². The van der Waals surface area contributed by atoms with Gasteiger partial charge in [-0.15, -0.1) is 0 Å². The van der Waals surface area contributed by atoms with Crippen molar-refractivity contribution in [3.63, 3.8) is 0 Å². The zero-order valence-electron chi connectivity index (χ0n) is 24.6. The highest BCUT2D eigenvalue weighted by Gasteiger charge is 2.37. The molecule has 8 nitrogen and oxygen atoms in total. The van der Waals surface area contributed by atoms with Crippen molar-refractivity contribution in [1.29, 1.82) is 0 Å². The molecule has 1 heterocycles. The van der Waals surface area contributed by atoms with Gasteiger partial charge in [-0.25, -0.2) is 9.69 Å². The molecular weight excluding hydrogens is 624 g/mol. The predicted octanol–water partition coefficient (Wildman–Crippen LogP) is 7.29. The lowest BCUT2D eigenvalue weighted by molar-refractivity contribution is -0.122. The van der Waals surface area contributed by atoms with Crippen molar-refractivity contribution in [1.82, 2.24) is 5.32 Å². The number of rotatable bonds is 10. The molecule has 5 rings (SSSR count). The molecule has 0 spiro atoms. The molecule has 0 unspecified atom stereocenters. The van der Waals surface area contributed by atoms with Crippen LogP contribution in [0.2, 0.25) is 0 Å². The molecule has 1 N–H and O–H groups in total. The van der Waals surface area contributed by atoms with Gasteiger partial charge in [-0.3, -0.25) is 14.9 Å². The number of hydrogen-bond donors (Lipinski definition) is 1. The molecule has 4 amide bonds. The number of halogens is 1. The number of nitrogens with one attached hydrogen (secondary N) is 1. The van der Waals surface area contributed by atoms with Crippen LogP contribution in [0.3, 0.4) is 0 Å². The SMILES string of the molecule is CCOc1cc(/C=C2\C(=O)NC(=O)N(c3ccc(OCc4ccc(C)cc4)cc3)C2=O)cc(Br)c1OCc1ccc(C)cc1. The second-order valence-corrected chi connectivity index (χ2v) is 11.1. The molecule has 9 heteroatoms. The molecule has 0 radical (unpaired) electrons. The number of urea groups is 1. The van der Waals surface area contributed by atoms with E-state index >= 15 is 0 Å². The molecule has 4 aromatic rings. The Bertz CT molecular complexity index is 1710. The minimum Gasteiger partial charge on any atom is -0.490 e. The van der Waals surface area contributed by atoms with Gasteiger partial charge < -0.3 is 14.2 Å². The first-order valence-corrected chi connectivity index (χ1v) is 14.9. The molecule has 0 saturated carbocycles. The molecule has 0 bridgehead atoms. The average Bonchev–Trinajstić information content (AvgIpc) is 3.00. The third-order valence-corrected chi connectivity index (χ3v) is 7.46. The summed E-state index contributed by atoms with van der Waals surface area (Å²) >= 11 is 3.55. The fourth-order valence-corrected chi connectivity index (χ4v) is 5.09. The van der Waals surface area contributed by atoms with Crippen LogP contribution in [0.4, 0.5) is 10.5 Å². The number of barbiturate groups is 1. The van der Waals surface area contributed by atoms with Crippen LogP contribution in [0.5, 0.6) is 17.2 Å². The summed E-state index contributed by atoms with van der Waals surface area (Å²) < 4.78 is 18.3. The summed E-state index contributed by atoms with van der Waals surface area (Å²) in [5, 5.41) is 2.26. The van der Waals surface area contributed by atoms with Crippen LogP contribution in [-0.2, 0) is 22.8 Å². The van der Waals surface area contributed by atoms with Gasteiger partial charge in [0.2, 0.25) is 0 Å². The lowest BCUT2D eigenvalue weighted by Gasteiger charge is -2.26. The number of anilines is 1. The van der Waals surface area contributed by atoms with Crippen molar-refractivity contribution in [2.45, 2.75) is 34.0 Å². The van der Waals surface area contributed by atoms with Crippen LogP contribution in [0, 0.1) is 13.8 Å². The lowest BCUT2D eigenvalue weighted by atomic mass is 10.1. The zero-order valence-corrected chi connectivity index (χ0v) is 26.1. The summed E-state index contributed by atoms with van der Waals surface area (Å²) in [7, 11) is 0. The molecule has 0 aromatic heterocycles. The van der Waals surface area contributed by atoms with Crippen molar-refractivity contribution in [3.8, 4) is 17.2 Å². The number of benzene rings is 4. The molecule has 1 saturated heterocycles. The highest BCUT2D eigenvalue weighted by Crippen LogP contribution is 2.38. The van der Waals surface area contributed by atoms with Crippen molar-refractivity contribution < 1.29 is 28.6 Å². The van der Waals surface area contributed by atoms with Gasteiger partial charge in [-0.2, -0.15) is 0 Å². The normalized spacial score (nSPS) is 14.0. The first-order chi connectivity index (χ1) is 21.2. The monoisotopic (exact) mass is 654 g/mol. The largest absolute Gasteiger partial charge is 0.490 e. The third-order valence-electron chi connectivity index (χ3n) is 6.87. The quantitative estimate of drug-likeness (QED) is 0.143. The molecule has 4 aromatic carbocycles. The van der Waals surface area contributed by atoms with E-state index < -0.39 is 17.8 Å². The number of carbonyl (C=O) groups excluding carboxylic acids is 3. The minimum absolute atomic E-state index is 0.202. The fourth-order valence-electron chi connectivity index (χ4n) is 4.52. The minimum atomic E-state index is -0.832. The molecule has 1 aliphatic rings. The Morgan fingerprint density at radius 2 is 1.36 bits per heavy atom. The van der Waals surface area contributed by atoms with E-state index in [1.54, 1.807) is 36.4 Å². The van der Waals surface area contributed by atoms with Gasteiger partial charge in [0, 0.05) is 0 Å². The number of aryl methyl sites for hydroxylation is 2. The first kappa shape index (κ1) is 30.6. The average molecular weight is 656 g/mol. The molecule has 0 aliphatic carbocycles. The van der Waals surface area contributed by atoms with E-state index in [1.165, 1.54) is 6.08 Å².